The molecular formula is C12H16N2. The summed E-state index contributed by atoms with van der Waals surface area (Å²) in [5.74, 6) is 1.69. The zero-order valence-corrected chi connectivity index (χ0v) is 8.39. The van der Waals surface area contributed by atoms with Gasteiger partial charge in [-0.05, 0) is 42.9 Å². The molecule has 2 aliphatic heterocycles. The van der Waals surface area contributed by atoms with E-state index in [-0.39, 0.29) is 0 Å². The number of aromatic nitrogens is 1. The summed E-state index contributed by atoms with van der Waals surface area (Å²) >= 11 is 0. The van der Waals surface area contributed by atoms with Gasteiger partial charge in [0, 0.05) is 25.5 Å². The Labute approximate surface area is 85.0 Å². The van der Waals surface area contributed by atoms with Crippen LogP contribution >= 0.6 is 0 Å². The molecule has 14 heavy (non-hydrogen) atoms. The molecular weight excluding hydrogens is 172 g/mol. The molecule has 0 spiro atoms. The van der Waals surface area contributed by atoms with Crippen LogP contribution in [0.5, 0.6) is 0 Å². The average molecular weight is 188 g/mol. The average Bonchev–Trinajstić information content (AvgIpc) is 2.59. The van der Waals surface area contributed by atoms with Gasteiger partial charge in [0.05, 0.1) is 0 Å². The first-order valence-electron chi connectivity index (χ1n) is 5.54. The Kier molecular flexibility index (Phi) is 2.02. The molecule has 0 N–H and O–H groups in total. The second-order valence-electron chi connectivity index (χ2n) is 4.63. The predicted octanol–water partition coefficient (Wildman–Crippen LogP) is 1.89. The van der Waals surface area contributed by atoms with E-state index in [2.05, 4.69) is 22.0 Å². The smallest absolute Gasteiger partial charge is 0.0303 e. The van der Waals surface area contributed by atoms with Gasteiger partial charge in [0.15, 0.2) is 0 Å². The van der Waals surface area contributed by atoms with E-state index in [0.717, 1.165) is 11.8 Å². The minimum atomic E-state index is 0.741. The number of hydrogen-bond donors (Lipinski definition) is 0. The van der Waals surface area contributed by atoms with Crippen molar-refractivity contribution in [1.82, 2.24) is 9.88 Å². The lowest BCUT2D eigenvalue weighted by Gasteiger charge is -2.29. The maximum absolute atomic E-state index is 4.21. The van der Waals surface area contributed by atoms with Gasteiger partial charge in [-0.25, -0.2) is 0 Å². The highest BCUT2D eigenvalue weighted by molar-refractivity contribution is 5.16. The fourth-order valence-electron chi connectivity index (χ4n) is 2.92. The molecule has 74 valence electrons. The van der Waals surface area contributed by atoms with E-state index in [4.69, 9.17) is 0 Å². The summed E-state index contributed by atoms with van der Waals surface area (Å²) in [5.41, 5.74) is 1.43. The number of nitrogens with zero attached hydrogens (tertiary/aromatic N) is 2. The lowest BCUT2D eigenvalue weighted by Crippen LogP contribution is -2.31. The van der Waals surface area contributed by atoms with Crippen molar-refractivity contribution in [1.29, 1.82) is 0 Å². The summed E-state index contributed by atoms with van der Waals surface area (Å²) in [6, 6.07) is 4.28. The van der Waals surface area contributed by atoms with Gasteiger partial charge in [-0.3, -0.25) is 4.98 Å². The van der Waals surface area contributed by atoms with E-state index in [1.54, 1.807) is 0 Å². The maximum Gasteiger partial charge on any atom is 0.0303 e. The molecule has 2 aliphatic rings. The Hall–Kier alpha value is -0.890. The highest BCUT2D eigenvalue weighted by Gasteiger charge is 2.32. The minimum absolute atomic E-state index is 0.741. The van der Waals surface area contributed by atoms with Gasteiger partial charge in [0.1, 0.15) is 0 Å². The molecule has 0 radical (unpaired) electrons. The molecule has 3 atom stereocenters. The number of rotatable bonds is 1. The fraction of sp³-hybridized carbons (Fsp3) is 0.583. The fourth-order valence-corrected chi connectivity index (χ4v) is 2.92. The number of hydrogen-bond acceptors (Lipinski definition) is 2. The second kappa shape index (κ2) is 3.35. The van der Waals surface area contributed by atoms with Crippen LogP contribution in [-0.2, 0) is 0 Å². The minimum Gasteiger partial charge on any atom is -0.302 e. The molecule has 0 saturated carbocycles. The SMILES string of the molecule is c1cncc(C2CC3CCN(C3)C2)c1. The van der Waals surface area contributed by atoms with E-state index in [1.165, 1.54) is 38.0 Å². The Balaban J connectivity index is 1.81. The second-order valence-corrected chi connectivity index (χ2v) is 4.63. The summed E-state index contributed by atoms with van der Waals surface area (Å²) < 4.78 is 0. The standard InChI is InChI=1S/C12H16N2/c1-2-11(7-13-4-1)12-6-10-3-5-14(8-10)9-12/h1-2,4,7,10,12H,3,5-6,8-9H2. The lowest BCUT2D eigenvalue weighted by atomic mass is 9.87. The molecule has 2 saturated heterocycles. The van der Waals surface area contributed by atoms with Gasteiger partial charge in [-0.1, -0.05) is 6.07 Å². The summed E-state index contributed by atoms with van der Waals surface area (Å²) in [4.78, 5) is 6.81. The molecule has 3 unspecified atom stereocenters. The summed E-state index contributed by atoms with van der Waals surface area (Å²) in [7, 11) is 0. The van der Waals surface area contributed by atoms with Crippen molar-refractivity contribution >= 4 is 0 Å². The Morgan fingerprint density at radius 3 is 3.14 bits per heavy atom. The van der Waals surface area contributed by atoms with Crippen molar-refractivity contribution in [2.45, 2.75) is 18.8 Å². The Morgan fingerprint density at radius 1 is 1.36 bits per heavy atom. The lowest BCUT2D eigenvalue weighted by molar-refractivity contribution is 0.243. The number of fused-ring (bicyclic) bond motifs is 2. The van der Waals surface area contributed by atoms with Gasteiger partial charge in [-0.2, -0.15) is 0 Å². The van der Waals surface area contributed by atoms with Crippen molar-refractivity contribution in [3.63, 3.8) is 0 Å². The van der Waals surface area contributed by atoms with Crippen LogP contribution in [-0.4, -0.2) is 29.5 Å². The molecule has 2 heteroatoms. The van der Waals surface area contributed by atoms with Gasteiger partial charge < -0.3 is 4.90 Å². The molecule has 2 bridgehead atoms. The topological polar surface area (TPSA) is 16.1 Å². The Bertz CT molecular complexity index is 297. The number of pyridine rings is 1. The molecule has 0 aromatic carbocycles. The zero-order valence-electron chi connectivity index (χ0n) is 8.39. The van der Waals surface area contributed by atoms with Crippen molar-refractivity contribution in [2.75, 3.05) is 19.6 Å². The van der Waals surface area contributed by atoms with E-state index in [9.17, 15) is 0 Å². The monoisotopic (exact) mass is 188 g/mol. The quantitative estimate of drug-likeness (QED) is 0.669. The summed E-state index contributed by atoms with van der Waals surface area (Å²) in [5, 5.41) is 0. The first kappa shape index (κ1) is 8.42. The van der Waals surface area contributed by atoms with Gasteiger partial charge >= 0.3 is 0 Å². The van der Waals surface area contributed by atoms with Crippen LogP contribution < -0.4 is 0 Å². The highest BCUT2D eigenvalue weighted by Crippen LogP contribution is 2.35. The third-order valence-electron chi connectivity index (χ3n) is 3.62. The van der Waals surface area contributed by atoms with Crippen molar-refractivity contribution < 1.29 is 0 Å². The molecule has 3 rings (SSSR count). The van der Waals surface area contributed by atoms with E-state index in [0.29, 0.717) is 0 Å². The van der Waals surface area contributed by atoms with Crippen molar-refractivity contribution in [3.8, 4) is 0 Å². The van der Waals surface area contributed by atoms with Crippen LogP contribution in [0, 0.1) is 5.92 Å². The molecule has 0 aliphatic carbocycles. The van der Waals surface area contributed by atoms with Crippen LogP contribution in [0.4, 0.5) is 0 Å². The molecule has 3 heterocycles. The largest absolute Gasteiger partial charge is 0.302 e. The van der Waals surface area contributed by atoms with E-state index in [1.807, 2.05) is 12.4 Å². The van der Waals surface area contributed by atoms with E-state index >= 15 is 0 Å². The zero-order chi connectivity index (χ0) is 9.38. The highest BCUT2D eigenvalue weighted by atomic mass is 15.2. The van der Waals surface area contributed by atoms with Crippen molar-refractivity contribution in [3.05, 3.63) is 30.1 Å². The molecule has 1 aromatic rings. The summed E-state index contributed by atoms with van der Waals surface area (Å²) in [6.45, 7) is 3.92. The Morgan fingerprint density at radius 2 is 2.36 bits per heavy atom. The predicted molar refractivity (Wildman–Crippen MR) is 56.1 cm³/mol. The van der Waals surface area contributed by atoms with Gasteiger partial charge in [-0.15, -0.1) is 0 Å². The third-order valence-corrected chi connectivity index (χ3v) is 3.62. The first-order chi connectivity index (χ1) is 6.92. The van der Waals surface area contributed by atoms with Crippen LogP contribution in [0.2, 0.25) is 0 Å². The van der Waals surface area contributed by atoms with Crippen LogP contribution in [0.3, 0.4) is 0 Å². The molecule has 0 amide bonds. The van der Waals surface area contributed by atoms with Crippen molar-refractivity contribution in [2.24, 2.45) is 5.92 Å². The van der Waals surface area contributed by atoms with Gasteiger partial charge in [0.2, 0.25) is 0 Å². The molecule has 2 nitrogen and oxygen atoms in total. The number of piperidine rings is 1. The summed E-state index contributed by atoms with van der Waals surface area (Å²) in [6.07, 6.45) is 6.69. The first-order valence-corrected chi connectivity index (χ1v) is 5.54. The van der Waals surface area contributed by atoms with Gasteiger partial charge in [0.25, 0.3) is 0 Å². The molecule has 1 aromatic heterocycles. The molecule has 2 fully saturated rings. The van der Waals surface area contributed by atoms with Crippen LogP contribution in [0.25, 0.3) is 0 Å². The van der Waals surface area contributed by atoms with Crippen LogP contribution in [0.15, 0.2) is 24.5 Å². The maximum atomic E-state index is 4.21. The van der Waals surface area contributed by atoms with E-state index < -0.39 is 0 Å². The van der Waals surface area contributed by atoms with Crippen LogP contribution in [0.1, 0.15) is 24.3 Å². The normalized spacial score (nSPS) is 35.9. The third kappa shape index (κ3) is 1.44.